The van der Waals surface area contributed by atoms with Crippen molar-refractivity contribution in [3.8, 4) is 11.6 Å². The Bertz CT molecular complexity index is 603. The first-order chi connectivity index (χ1) is 9.11. The molecule has 0 spiro atoms. The third-order valence-electron chi connectivity index (χ3n) is 2.25. The number of nitrogen functional groups attached to an aromatic ring is 1. The highest BCUT2D eigenvalue weighted by Crippen LogP contribution is 2.31. The van der Waals surface area contributed by atoms with E-state index in [4.69, 9.17) is 16.3 Å². The standard InChI is InChI=1S/C11H10BrN5O2/c12-8-10(17-14)15-5-16-11(8)19-7-3-1-6(2-4-7)9(13)18/h1-5H,14H2,(H2,13,18)(H,15,16,17). The Balaban J connectivity index is 2.24. The van der Waals surface area contributed by atoms with E-state index in [0.29, 0.717) is 27.5 Å². The zero-order chi connectivity index (χ0) is 13.8. The fraction of sp³-hybridized carbons (Fsp3) is 0. The average Bonchev–Trinajstić information content (AvgIpc) is 2.42. The van der Waals surface area contributed by atoms with Gasteiger partial charge in [0.1, 0.15) is 16.5 Å². The number of hydrogen-bond donors (Lipinski definition) is 3. The third-order valence-corrected chi connectivity index (χ3v) is 2.96. The fourth-order valence-electron chi connectivity index (χ4n) is 1.32. The number of benzene rings is 1. The Morgan fingerprint density at radius 3 is 2.53 bits per heavy atom. The monoisotopic (exact) mass is 323 g/mol. The number of halogens is 1. The number of primary amides is 1. The van der Waals surface area contributed by atoms with E-state index in [1.807, 2.05) is 0 Å². The molecule has 0 bridgehead atoms. The summed E-state index contributed by atoms with van der Waals surface area (Å²) in [5.74, 6) is 6.00. The van der Waals surface area contributed by atoms with E-state index in [-0.39, 0.29) is 0 Å². The largest absolute Gasteiger partial charge is 0.438 e. The number of nitrogens with one attached hydrogen (secondary N) is 1. The van der Waals surface area contributed by atoms with Gasteiger partial charge in [-0.15, -0.1) is 0 Å². The van der Waals surface area contributed by atoms with Crippen LogP contribution in [-0.2, 0) is 0 Å². The van der Waals surface area contributed by atoms with Crippen LogP contribution < -0.4 is 21.7 Å². The van der Waals surface area contributed by atoms with Gasteiger partial charge in [0.2, 0.25) is 11.8 Å². The molecule has 0 aliphatic rings. The molecule has 0 saturated heterocycles. The van der Waals surface area contributed by atoms with Crippen LogP contribution in [0.2, 0.25) is 0 Å². The van der Waals surface area contributed by atoms with E-state index in [9.17, 15) is 4.79 Å². The van der Waals surface area contributed by atoms with Gasteiger partial charge in [-0.25, -0.2) is 15.8 Å². The summed E-state index contributed by atoms with van der Waals surface area (Å²) in [6, 6.07) is 6.36. The number of nitrogens with two attached hydrogens (primary N) is 2. The molecule has 7 nitrogen and oxygen atoms in total. The van der Waals surface area contributed by atoms with Gasteiger partial charge in [-0.05, 0) is 40.2 Å². The topological polar surface area (TPSA) is 116 Å². The maximum Gasteiger partial charge on any atom is 0.248 e. The lowest BCUT2D eigenvalue weighted by Crippen LogP contribution is -2.10. The van der Waals surface area contributed by atoms with Crippen molar-refractivity contribution in [3.05, 3.63) is 40.6 Å². The molecular weight excluding hydrogens is 314 g/mol. The van der Waals surface area contributed by atoms with E-state index >= 15 is 0 Å². The molecule has 0 atom stereocenters. The summed E-state index contributed by atoms with van der Waals surface area (Å²) in [6.07, 6.45) is 1.31. The molecule has 2 rings (SSSR count). The summed E-state index contributed by atoms with van der Waals surface area (Å²) in [6.45, 7) is 0. The van der Waals surface area contributed by atoms with Crippen LogP contribution >= 0.6 is 15.9 Å². The molecule has 0 aliphatic carbocycles. The summed E-state index contributed by atoms with van der Waals surface area (Å²) in [7, 11) is 0. The molecule has 5 N–H and O–H groups in total. The van der Waals surface area contributed by atoms with Crippen LogP contribution in [0.25, 0.3) is 0 Å². The highest BCUT2D eigenvalue weighted by molar-refractivity contribution is 9.10. The van der Waals surface area contributed by atoms with Crippen molar-refractivity contribution >= 4 is 27.7 Å². The van der Waals surface area contributed by atoms with Gasteiger partial charge in [-0.3, -0.25) is 4.79 Å². The molecular formula is C11H10BrN5O2. The van der Waals surface area contributed by atoms with Crippen molar-refractivity contribution in [2.24, 2.45) is 11.6 Å². The third kappa shape index (κ3) is 2.98. The number of nitrogens with zero attached hydrogens (tertiary/aromatic N) is 2. The maximum atomic E-state index is 10.9. The molecule has 1 aromatic heterocycles. The number of hydrogen-bond acceptors (Lipinski definition) is 6. The summed E-state index contributed by atoms with van der Waals surface area (Å²) in [4.78, 5) is 18.8. The Morgan fingerprint density at radius 2 is 1.95 bits per heavy atom. The molecule has 0 aliphatic heterocycles. The second-order valence-electron chi connectivity index (χ2n) is 3.48. The van der Waals surface area contributed by atoms with Gasteiger partial charge in [0.25, 0.3) is 0 Å². The highest BCUT2D eigenvalue weighted by atomic mass is 79.9. The summed E-state index contributed by atoms with van der Waals surface area (Å²) >= 11 is 3.27. The van der Waals surface area contributed by atoms with E-state index in [0.717, 1.165) is 0 Å². The number of anilines is 1. The normalized spacial score (nSPS) is 10.0. The van der Waals surface area contributed by atoms with Gasteiger partial charge in [-0.1, -0.05) is 0 Å². The van der Waals surface area contributed by atoms with Crippen LogP contribution in [0, 0.1) is 0 Å². The van der Waals surface area contributed by atoms with Crippen LogP contribution in [0.5, 0.6) is 11.6 Å². The minimum atomic E-state index is -0.496. The molecule has 1 amide bonds. The number of rotatable bonds is 4. The van der Waals surface area contributed by atoms with E-state index in [1.54, 1.807) is 24.3 Å². The molecule has 1 aromatic carbocycles. The number of amides is 1. The SMILES string of the molecule is NNc1ncnc(Oc2ccc(C(N)=O)cc2)c1Br. The Labute approximate surface area is 117 Å². The minimum absolute atomic E-state index is 0.301. The van der Waals surface area contributed by atoms with Crippen LogP contribution in [0.3, 0.4) is 0 Å². The molecule has 0 saturated carbocycles. The van der Waals surface area contributed by atoms with E-state index < -0.39 is 5.91 Å². The van der Waals surface area contributed by atoms with Gasteiger partial charge in [0, 0.05) is 5.56 Å². The van der Waals surface area contributed by atoms with Crippen molar-refractivity contribution < 1.29 is 9.53 Å². The van der Waals surface area contributed by atoms with Crippen molar-refractivity contribution in [3.63, 3.8) is 0 Å². The van der Waals surface area contributed by atoms with Crippen molar-refractivity contribution in [2.45, 2.75) is 0 Å². The zero-order valence-corrected chi connectivity index (χ0v) is 11.2. The second-order valence-corrected chi connectivity index (χ2v) is 4.27. The van der Waals surface area contributed by atoms with Crippen LogP contribution in [-0.4, -0.2) is 15.9 Å². The lowest BCUT2D eigenvalue weighted by Gasteiger charge is -2.08. The number of hydrazine groups is 1. The molecule has 19 heavy (non-hydrogen) atoms. The summed E-state index contributed by atoms with van der Waals surface area (Å²) in [5, 5.41) is 0. The van der Waals surface area contributed by atoms with Gasteiger partial charge in [-0.2, -0.15) is 0 Å². The number of carbonyl (C=O) groups excluding carboxylic acids is 1. The van der Waals surface area contributed by atoms with Crippen molar-refractivity contribution in [1.29, 1.82) is 0 Å². The maximum absolute atomic E-state index is 10.9. The zero-order valence-electron chi connectivity index (χ0n) is 9.63. The molecule has 1 heterocycles. The van der Waals surface area contributed by atoms with Crippen molar-refractivity contribution in [2.75, 3.05) is 5.43 Å². The lowest BCUT2D eigenvalue weighted by molar-refractivity contribution is 0.100. The predicted octanol–water partition coefficient (Wildman–Crippen LogP) is 1.42. The van der Waals surface area contributed by atoms with Crippen molar-refractivity contribution in [1.82, 2.24) is 9.97 Å². The molecule has 8 heteroatoms. The lowest BCUT2D eigenvalue weighted by atomic mass is 10.2. The molecule has 0 radical (unpaired) electrons. The first kappa shape index (κ1) is 13.2. The highest BCUT2D eigenvalue weighted by Gasteiger charge is 2.10. The van der Waals surface area contributed by atoms with E-state index in [2.05, 4.69) is 31.3 Å². The number of aromatic nitrogens is 2. The summed E-state index contributed by atoms with van der Waals surface area (Å²) < 4.78 is 6.04. The summed E-state index contributed by atoms with van der Waals surface area (Å²) in [5.41, 5.74) is 7.96. The first-order valence-electron chi connectivity index (χ1n) is 5.16. The second kappa shape index (κ2) is 5.63. The fourth-order valence-corrected chi connectivity index (χ4v) is 1.72. The molecule has 0 unspecified atom stereocenters. The van der Waals surface area contributed by atoms with Gasteiger partial charge < -0.3 is 15.9 Å². The van der Waals surface area contributed by atoms with Crippen LogP contribution in [0.4, 0.5) is 5.82 Å². The number of carbonyl (C=O) groups is 1. The number of ether oxygens (including phenoxy) is 1. The first-order valence-corrected chi connectivity index (χ1v) is 5.96. The van der Waals surface area contributed by atoms with Gasteiger partial charge in [0.05, 0.1) is 0 Å². The quantitative estimate of drug-likeness (QED) is 0.578. The smallest absolute Gasteiger partial charge is 0.248 e. The average molecular weight is 324 g/mol. The molecule has 2 aromatic rings. The Kier molecular flexibility index (Phi) is 3.93. The van der Waals surface area contributed by atoms with E-state index in [1.165, 1.54) is 6.33 Å². The Morgan fingerprint density at radius 1 is 1.26 bits per heavy atom. The van der Waals surface area contributed by atoms with Crippen LogP contribution in [0.15, 0.2) is 35.1 Å². The molecule has 98 valence electrons. The predicted molar refractivity (Wildman–Crippen MR) is 72.6 cm³/mol. The Hall–Kier alpha value is -2.19. The van der Waals surface area contributed by atoms with Gasteiger partial charge >= 0.3 is 0 Å². The molecule has 0 fully saturated rings. The van der Waals surface area contributed by atoms with Gasteiger partial charge in [0.15, 0.2) is 5.82 Å². The van der Waals surface area contributed by atoms with Crippen LogP contribution in [0.1, 0.15) is 10.4 Å². The minimum Gasteiger partial charge on any atom is -0.438 e.